The second kappa shape index (κ2) is 11.6. The van der Waals surface area contributed by atoms with Gasteiger partial charge < -0.3 is 34.3 Å². The van der Waals surface area contributed by atoms with Gasteiger partial charge in [-0.15, -0.1) is 0 Å². The van der Waals surface area contributed by atoms with Crippen molar-refractivity contribution in [3.05, 3.63) is 48.3 Å². The molecule has 2 aliphatic rings. The number of carbonyl (C=O) groups excluding carboxylic acids is 2. The van der Waals surface area contributed by atoms with E-state index in [0.717, 1.165) is 31.4 Å². The minimum Gasteiger partial charge on any atom is -0.493 e. The van der Waals surface area contributed by atoms with E-state index in [1.165, 1.54) is 0 Å². The minimum atomic E-state index is -0.0836. The Morgan fingerprint density at radius 3 is 2.36 bits per heavy atom. The van der Waals surface area contributed by atoms with Crippen LogP contribution in [0, 0.1) is 0 Å². The molecule has 0 atom stereocenters. The topological polar surface area (TPSA) is 133 Å². The summed E-state index contributed by atoms with van der Waals surface area (Å²) in [5, 5.41) is 6.37. The Morgan fingerprint density at radius 2 is 1.74 bits per heavy atom. The van der Waals surface area contributed by atoms with E-state index >= 15 is 0 Å². The summed E-state index contributed by atoms with van der Waals surface area (Å²) in [6.45, 7) is 1.88. The van der Waals surface area contributed by atoms with Crippen LogP contribution in [0.4, 0.5) is 11.5 Å². The van der Waals surface area contributed by atoms with Crippen molar-refractivity contribution in [3.8, 4) is 28.6 Å². The van der Waals surface area contributed by atoms with Gasteiger partial charge >= 0.3 is 0 Å². The average Bonchev–Trinajstić information content (AvgIpc) is 3.58. The molecule has 0 radical (unpaired) electrons. The number of likely N-dealkylation sites (tertiary alicyclic amines) is 1. The molecule has 2 fully saturated rings. The summed E-state index contributed by atoms with van der Waals surface area (Å²) in [4.78, 5) is 40.9. The maximum Gasteiger partial charge on any atom is 0.251 e. The largest absolute Gasteiger partial charge is 0.493 e. The first-order valence-electron chi connectivity index (χ1n) is 14.0. The van der Waals surface area contributed by atoms with Crippen LogP contribution in [0.25, 0.3) is 22.6 Å². The van der Waals surface area contributed by atoms with Crippen LogP contribution < -0.4 is 24.8 Å². The molecule has 6 rings (SSSR count). The zero-order valence-corrected chi connectivity index (χ0v) is 23.8. The number of rotatable bonds is 11. The highest BCUT2D eigenvalue weighted by atomic mass is 16.5. The van der Waals surface area contributed by atoms with E-state index in [4.69, 9.17) is 24.2 Å². The minimum absolute atomic E-state index is 0.0836. The molecule has 2 N–H and O–H groups in total. The molecule has 0 unspecified atom stereocenters. The van der Waals surface area contributed by atoms with E-state index in [0.29, 0.717) is 70.8 Å². The highest BCUT2D eigenvalue weighted by Gasteiger charge is 2.24. The average molecular weight is 572 g/mol. The zero-order valence-electron chi connectivity index (χ0n) is 23.8. The predicted molar refractivity (Wildman–Crippen MR) is 156 cm³/mol. The van der Waals surface area contributed by atoms with Crippen molar-refractivity contribution in [2.45, 2.75) is 38.3 Å². The lowest BCUT2D eigenvalue weighted by Gasteiger charge is -2.16. The van der Waals surface area contributed by atoms with Crippen LogP contribution in [0.2, 0.25) is 0 Å². The summed E-state index contributed by atoms with van der Waals surface area (Å²) in [6.07, 6.45) is 5.25. The van der Waals surface area contributed by atoms with E-state index in [9.17, 15) is 9.59 Å². The summed E-state index contributed by atoms with van der Waals surface area (Å²) >= 11 is 0. The summed E-state index contributed by atoms with van der Waals surface area (Å²) < 4.78 is 18.5. The number of benzene rings is 2. The van der Waals surface area contributed by atoms with Crippen LogP contribution in [-0.2, 0) is 11.3 Å². The van der Waals surface area contributed by atoms with Gasteiger partial charge in [0, 0.05) is 61.0 Å². The molecular weight excluding hydrogens is 538 g/mol. The zero-order chi connectivity index (χ0) is 29.2. The normalized spacial score (nSPS) is 14.7. The van der Waals surface area contributed by atoms with Crippen LogP contribution in [0.15, 0.2) is 42.7 Å². The molecule has 0 bridgehead atoms. The quantitative estimate of drug-likeness (QED) is 0.276. The SMILES string of the molecule is COc1cc(Nc2nc(-c3ccc(C(=O)NC4CC4)cc3)nc3c2ncn3CCN2CCCC2=O)cc(OC)c1OC. The first kappa shape index (κ1) is 27.3. The van der Waals surface area contributed by atoms with Gasteiger partial charge in [-0.1, -0.05) is 12.1 Å². The monoisotopic (exact) mass is 571 g/mol. The Labute approximate surface area is 243 Å². The van der Waals surface area contributed by atoms with Crippen LogP contribution in [0.1, 0.15) is 36.0 Å². The highest BCUT2D eigenvalue weighted by molar-refractivity contribution is 5.95. The van der Waals surface area contributed by atoms with E-state index in [1.54, 1.807) is 51.9 Å². The van der Waals surface area contributed by atoms with E-state index in [-0.39, 0.29) is 17.9 Å². The van der Waals surface area contributed by atoms with Crippen molar-refractivity contribution >= 4 is 34.5 Å². The Kier molecular flexibility index (Phi) is 7.51. The molecule has 1 aliphatic heterocycles. The number of carbonyl (C=O) groups is 2. The number of nitrogens with zero attached hydrogens (tertiary/aromatic N) is 5. The Balaban J connectivity index is 1.37. The first-order valence-corrected chi connectivity index (χ1v) is 14.0. The Morgan fingerprint density at radius 1 is 1.00 bits per heavy atom. The predicted octanol–water partition coefficient (Wildman–Crippen LogP) is 3.78. The van der Waals surface area contributed by atoms with Gasteiger partial charge in [0.15, 0.2) is 34.3 Å². The second-order valence-corrected chi connectivity index (χ2v) is 10.4. The molecule has 2 aromatic heterocycles. The van der Waals surface area contributed by atoms with Gasteiger partial charge in [-0.25, -0.2) is 15.0 Å². The molecule has 12 nitrogen and oxygen atoms in total. The van der Waals surface area contributed by atoms with E-state index < -0.39 is 0 Å². The van der Waals surface area contributed by atoms with Crippen LogP contribution in [0.3, 0.4) is 0 Å². The maximum atomic E-state index is 12.5. The van der Waals surface area contributed by atoms with Crippen molar-refractivity contribution < 1.29 is 23.8 Å². The number of hydrogen-bond donors (Lipinski definition) is 2. The molecule has 2 amide bonds. The number of amides is 2. The Hall–Kier alpha value is -4.87. The third kappa shape index (κ3) is 5.52. The number of ether oxygens (including phenoxy) is 3. The number of methoxy groups -OCH3 is 3. The van der Waals surface area contributed by atoms with E-state index in [1.807, 2.05) is 21.6 Å². The molecule has 4 aromatic rings. The van der Waals surface area contributed by atoms with Crippen LogP contribution in [-0.4, -0.2) is 76.7 Å². The van der Waals surface area contributed by atoms with Crippen molar-refractivity contribution in [1.82, 2.24) is 29.7 Å². The fraction of sp³-hybridized carbons (Fsp3) is 0.367. The lowest BCUT2D eigenvalue weighted by Crippen LogP contribution is -2.28. The first-order chi connectivity index (χ1) is 20.5. The van der Waals surface area contributed by atoms with Gasteiger partial charge in [0.1, 0.15) is 0 Å². The fourth-order valence-electron chi connectivity index (χ4n) is 5.05. The molecule has 0 spiro atoms. The molecule has 1 aliphatic carbocycles. The van der Waals surface area contributed by atoms with Crippen molar-refractivity contribution in [3.63, 3.8) is 0 Å². The molecule has 218 valence electrons. The molecule has 3 heterocycles. The van der Waals surface area contributed by atoms with E-state index in [2.05, 4.69) is 15.6 Å². The van der Waals surface area contributed by atoms with Gasteiger partial charge in [-0.05, 0) is 31.4 Å². The molecule has 42 heavy (non-hydrogen) atoms. The smallest absolute Gasteiger partial charge is 0.251 e. The van der Waals surface area contributed by atoms with Gasteiger partial charge in [0.2, 0.25) is 11.7 Å². The highest BCUT2D eigenvalue weighted by Crippen LogP contribution is 2.41. The molecule has 1 saturated carbocycles. The Bertz CT molecular complexity index is 1610. The standard InChI is InChI=1S/C30H33N7O5/c1-40-22-15-21(16-23(41-2)26(22)42-3)32-28-25-29(37(17-31-25)14-13-36-12-4-5-24(36)38)35-27(34-28)18-6-8-19(9-7-18)30(39)33-20-10-11-20/h6-9,15-17,20H,4-5,10-14H2,1-3H3,(H,33,39)(H,32,34,35). The third-order valence-corrected chi connectivity index (χ3v) is 7.49. The second-order valence-electron chi connectivity index (χ2n) is 10.4. The number of fused-ring (bicyclic) bond motifs is 1. The van der Waals surface area contributed by atoms with Gasteiger partial charge in [-0.3, -0.25) is 9.59 Å². The summed E-state index contributed by atoms with van der Waals surface area (Å²) in [5.41, 5.74) is 3.18. The van der Waals surface area contributed by atoms with Gasteiger partial charge in [0.25, 0.3) is 5.91 Å². The summed E-state index contributed by atoms with van der Waals surface area (Å²) in [7, 11) is 4.67. The lowest BCUT2D eigenvalue weighted by atomic mass is 10.1. The third-order valence-electron chi connectivity index (χ3n) is 7.49. The van der Waals surface area contributed by atoms with Crippen molar-refractivity contribution in [2.75, 3.05) is 39.7 Å². The number of imidazole rings is 1. The van der Waals surface area contributed by atoms with Gasteiger partial charge in [-0.2, -0.15) is 0 Å². The van der Waals surface area contributed by atoms with Gasteiger partial charge in [0.05, 0.1) is 27.7 Å². The number of anilines is 2. The fourth-order valence-corrected chi connectivity index (χ4v) is 5.05. The summed E-state index contributed by atoms with van der Waals surface area (Å²) in [6, 6.07) is 11.1. The molecule has 12 heteroatoms. The van der Waals surface area contributed by atoms with Crippen molar-refractivity contribution in [2.24, 2.45) is 0 Å². The van der Waals surface area contributed by atoms with Crippen LogP contribution in [0.5, 0.6) is 17.2 Å². The summed E-state index contributed by atoms with van der Waals surface area (Å²) in [5.74, 6) is 2.49. The maximum absolute atomic E-state index is 12.5. The number of aromatic nitrogens is 4. The molecule has 1 saturated heterocycles. The number of nitrogens with one attached hydrogen (secondary N) is 2. The van der Waals surface area contributed by atoms with Crippen molar-refractivity contribution in [1.29, 1.82) is 0 Å². The van der Waals surface area contributed by atoms with Crippen LogP contribution >= 0.6 is 0 Å². The molecular formula is C30H33N7O5. The molecule has 2 aromatic carbocycles. The number of hydrogen-bond acceptors (Lipinski definition) is 9. The lowest BCUT2D eigenvalue weighted by molar-refractivity contribution is -0.127.